The minimum absolute atomic E-state index is 0.193. The van der Waals surface area contributed by atoms with Crippen molar-refractivity contribution in [3.8, 4) is 0 Å². The third-order valence-electron chi connectivity index (χ3n) is 1.98. The summed E-state index contributed by atoms with van der Waals surface area (Å²) >= 11 is 7.31. The summed E-state index contributed by atoms with van der Waals surface area (Å²) in [5.41, 5.74) is -0.483. The lowest BCUT2D eigenvalue weighted by molar-refractivity contribution is -0.150. The van der Waals surface area contributed by atoms with E-state index in [0.29, 0.717) is 6.42 Å². The zero-order valence-electron chi connectivity index (χ0n) is 8.46. The molecule has 0 aliphatic rings. The first-order valence-corrected chi connectivity index (χ1v) is 5.48. The molecular weight excluding hydrogens is 220 g/mol. The standard InChI is InChI=1S/C10H13ClO2S/c1-10(2,9(12)13-3)6-7-4-5-8(11)14-7/h4-5H,6H2,1-3H3. The van der Waals surface area contributed by atoms with E-state index in [0.717, 1.165) is 9.21 Å². The van der Waals surface area contributed by atoms with Crippen molar-refractivity contribution in [1.29, 1.82) is 0 Å². The Morgan fingerprint density at radius 1 is 1.57 bits per heavy atom. The predicted octanol–water partition coefficient (Wildman–Crippen LogP) is 3.14. The van der Waals surface area contributed by atoms with Crippen LogP contribution in [0.1, 0.15) is 18.7 Å². The summed E-state index contributed by atoms with van der Waals surface area (Å²) in [5, 5.41) is 0. The number of ether oxygens (including phenoxy) is 1. The maximum Gasteiger partial charge on any atom is 0.311 e. The molecule has 4 heteroatoms. The summed E-state index contributed by atoms with van der Waals surface area (Å²) in [6.45, 7) is 3.74. The molecule has 0 aliphatic heterocycles. The van der Waals surface area contributed by atoms with Crippen LogP contribution in [0.3, 0.4) is 0 Å². The second-order valence-electron chi connectivity index (χ2n) is 3.76. The Morgan fingerprint density at radius 3 is 2.64 bits per heavy atom. The topological polar surface area (TPSA) is 26.3 Å². The molecule has 1 aromatic rings. The molecule has 2 nitrogen and oxygen atoms in total. The Morgan fingerprint density at radius 2 is 2.21 bits per heavy atom. The van der Waals surface area contributed by atoms with E-state index in [1.165, 1.54) is 18.4 Å². The summed E-state index contributed by atoms with van der Waals surface area (Å²) in [5.74, 6) is -0.193. The van der Waals surface area contributed by atoms with E-state index in [4.69, 9.17) is 16.3 Å². The summed E-state index contributed by atoms with van der Waals surface area (Å²) in [7, 11) is 1.41. The molecule has 78 valence electrons. The van der Waals surface area contributed by atoms with Crippen LogP contribution in [-0.2, 0) is 16.0 Å². The van der Waals surface area contributed by atoms with Crippen LogP contribution in [0.15, 0.2) is 12.1 Å². The van der Waals surface area contributed by atoms with Gasteiger partial charge in [0.2, 0.25) is 0 Å². The molecule has 1 rings (SSSR count). The molecule has 0 aliphatic carbocycles. The zero-order valence-corrected chi connectivity index (χ0v) is 10.0. The molecule has 0 aromatic carbocycles. The number of rotatable bonds is 3. The fourth-order valence-electron chi connectivity index (χ4n) is 1.23. The molecule has 0 bridgehead atoms. The summed E-state index contributed by atoms with van der Waals surface area (Å²) in [4.78, 5) is 12.5. The molecule has 1 heterocycles. The highest BCUT2D eigenvalue weighted by Gasteiger charge is 2.29. The normalized spacial score (nSPS) is 11.4. The van der Waals surface area contributed by atoms with Gasteiger partial charge in [-0.3, -0.25) is 4.79 Å². The van der Waals surface area contributed by atoms with Gasteiger partial charge < -0.3 is 4.74 Å². The van der Waals surface area contributed by atoms with Gasteiger partial charge in [-0.05, 0) is 32.4 Å². The average molecular weight is 233 g/mol. The summed E-state index contributed by atoms with van der Waals surface area (Å²) < 4.78 is 5.48. The van der Waals surface area contributed by atoms with Crippen molar-refractivity contribution in [2.24, 2.45) is 5.41 Å². The lowest BCUT2D eigenvalue weighted by Crippen LogP contribution is -2.27. The van der Waals surface area contributed by atoms with Crippen LogP contribution in [0, 0.1) is 5.41 Å². The molecule has 0 fully saturated rings. The summed E-state index contributed by atoms with van der Waals surface area (Å²) in [6.07, 6.45) is 0.664. The van der Waals surface area contributed by atoms with E-state index >= 15 is 0 Å². The van der Waals surface area contributed by atoms with E-state index in [1.54, 1.807) is 0 Å². The number of halogens is 1. The molecular formula is C10H13ClO2S. The molecule has 0 N–H and O–H groups in total. The molecule has 0 saturated carbocycles. The second-order valence-corrected chi connectivity index (χ2v) is 5.56. The van der Waals surface area contributed by atoms with Gasteiger partial charge in [-0.25, -0.2) is 0 Å². The number of carbonyl (C=O) groups is 1. The zero-order chi connectivity index (χ0) is 10.8. The third-order valence-corrected chi connectivity index (χ3v) is 3.21. The van der Waals surface area contributed by atoms with Crippen molar-refractivity contribution in [3.05, 3.63) is 21.3 Å². The molecule has 0 spiro atoms. The Hall–Kier alpha value is -0.540. The Kier molecular flexibility index (Phi) is 3.56. The number of thiophene rings is 1. The van der Waals surface area contributed by atoms with Crippen molar-refractivity contribution in [2.45, 2.75) is 20.3 Å². The quantitative estimate of drug-likeness (QED) is 0.749. The van der Waals surface area contributed by atoms with Crippen LogP contribution in [0.25, 0.3) is 0 Å². The minimum atomic E-state index is -0.483. The van der Waals surface area contributed by atoms with Crippen LogP contribution >= 0.6 is 22.9 Å². The van der Waals surface area contributed by atoms with Gasteiger partial charge >= 0.3 is 5.97 Å². The molecule has 1 aromatic heterocycles. The van der Waals surface area contributed by atoms with Crippen LogP contribution in [0.2, 0.25) is 4.34 Å². The number of esters is 1. The highest BCUT2D eigenvalue weighted by molar-refractivity contribution is 7.16. The lowest BCUT2D eigenvalue weighted by Gasteiger charge is -2.20. The molecule has 0 atom stereocenters. The van der Waals surface area contributed by atoms with E-state index < -0.39 is 5.41 Å². The van der Waals surface area contributed by atoms with Crippen LogP contribution in [0.4, 0.5) is 0 Å². The smallest absolute Gasteiger partial charge is 0.311 e. The van der Waals surface area contributed by atoms with Crippen LogP contribution in [0.5, 0.6) is 0 Å². The lowest BCUT2D eigenvalue weighted by atomic mass is 9.89. The molecule has 0 radical (unpaired) electrons. The molecule has 0 amide bonds. The van der Waals surface area contributed by atoms with Gasteiger partial charge in [-0.1, -0.05) is 11.6 Å². The number of hydrogen-bond donors (Lipinski definition) is 0. The Bertz CT molecular complexity index is 331. The first kappa shape index (κ1) is 11.5. The SMILES string of the molecule is COC(=O)C(C)(C)Cc1ccc(Cl)s1. The second kappa shape index (κ2) is 4.32. The fourth-order valence-corrected chi connectivity index (χ4v) is 2.55. The van der Waals surface area contributed by atoms with Gasteiger partial charge in [-0.2, -0.15) is 0 Å². The van der Waals surface area contributed by atoms with E-state index in [9.17, 15) is 4.79 Å². The minimum Gasteiger partial charge on any atom is -0.469 e. The van der Waals surface area contributed by atoms with Crippen molar-refractivity contribution in [2.75, 3.05) is 7.11 Å². The number of methoxy groups -OCH3 is 1. The van der Waals surface area contributed by atoms with E-state index in [2.05, 4.69) is 0 Å². The summed E-state index contributed by atoms with van der Waals surface area (Å²) in [6, 6.07) is 3.78. The monoisotopic (exact) mass is 232 g/mol. The fraction of sp³-hybridized carbons (Fsp3) is 0.500. The van der Waals surface area contributed by atoms with Crippen molar-refractivity contribution < 1.29 is 9.53 Å². The van der Waals surface area contributed by atoms with Gasteiger partial charge in [0.05, 0.1) is 16.9 Å². The average Bonchev–Trinajstić information content (AvgIpc) is 2.48. The number of carbonyl (C=O) groups excluding carboxylic acids is 1. The predicted molar refractivity (Wildman–Crippen MR) is 58.8 cm³/mol. The van der Waals surface area contributed by atoms with Gasteiger partial charge in [0.25, 0.3) is 0 Å². The number of hydrogen-bond acceptors (Lipinski definition) is 3. The first-order chi connectivity index (χ1) is 6.45. The van der Waals surface area contributed by atoms with Gasteiger partial charge in [-0.15, -0.1) is 11.3 Å². The maximum atomic E-state index is 11.4. The molecule has 14 heavy (non-hydrogen) atoms. The highest BCUT2D eigenvalue weighted by atomic mass is 35.5. The van der Waals surface area contributed by atoms with Crippen molar-refractivity contribution in [3.63, 3.8) is 0 Å². The Labute approximate surface area is 92.8 Å². The van der Waals surface area contributed by atoms with Crippen molar-refractivity contribution >= 4 is 28.9 Å². The third kappa shape index (κ3) is 2.72. The van der Waals surface area contributed by atoms with Crippen molar-refractivity contribution in [1.82, 2.24) is 0 Å². The first-order valence-electron chi connectivity index (χ1n) is 4.28. The van der Waals surface area contributed by atoms with Crippen LogP contribution in [-0.4, -0.2) is 13.1 Å². The largest absolute Gasteiger partial charge is 0.469 e. The molecule has 0 unspecified atom stereocenters. The maximum absolute atomic E-state index is 11.4. The van der Waals surface area contributed by atoms with Gasteiger partial charge in [0.1, 0.15) is 0 Å². The van der Waals surface area contributed by atoms with Gasteiger partial charge in [0, 0.05) is 4.88 Å². The molecule has 0 saturated heterocycles. The van der Waals surface area contributed by atoms with Crippen LogP contribution < -0.4 is 0 Å². The van der Waals surface area contributed by atoms with E-state index in [1.807, 2.05) is 26.0 Å². The van der Waals surface area contributed by atoms with Gasteiger partial charge in [0.15, 0.2) is 0 Å². The van der Waals surface area contributed by atoms with E-state index in [-0.39, 0.29) is 5.97 Å². The highest BCUT2D eigenvalue weighted by Crippen LogP contribution is 2.29. The Balaban J connectivity index is 2.72.